The molecule has 1 aliphatic rings. The molecule has 2 heterocycles. The number of aromatic nitrogens is 1. The summed E-state index contributed by atoms with van der Waals surface area (Å²) in [5.74, 6) is 6.58. The molecule has 0 aliphatic carbocycles. The van der Waals surface area contributed by atoms with Crippen molar-refractivity contribution in [2.24, 2.45) is 5.84 Å². The van der Waals surface area contributed by atoms with E-state index in [1.807, 2.05) is 24.5 Å². The van der Waals surface area contributed by atoms with Gasteiger partial charge in [-0.1, -0.05) is 0 Å². The Kier molecular flexibility index (Phi) is 4.53. The van der Waals surface area contributed by atoms with Gasteiger partial charge in [-0.05, 0) is 49.5 Å². The Morgan fingerprint density at radius 1 is 1.41 bits per heavy atom. The molecule has 92 valence electrons. The molecule has 4 heteroatoms. The van der Waals surface area contributed by atoms with Crippen LogP contribution in [0.3, 0.4) is 0 Å². The summed E-state index contributed by atoms with van der Waals surface area (Å²) in [6.45, 7) is 0.805. The van der Waals surface area contributed by atoms with Crippen LogP contribution in [0.2, 0.25) is 0 Å². The van der Waals surface area contributed by atoms with Gasteiger partial charge in [0.2, 0.25) is 0 Å². The molecule has 2 rings (SSSR count). The van der Waals surface area contributed by atoms with Crippen LogP contribution in [0.25, 0.3) is 0 Å². The third-order valence-corrected chi connectivity index (χ3v) is 2.98. The Labute approximate surface area is 102 Å². The van der Waals surface area contributed by atoms with Crippen LogP contribution in [0.1, 0.15) is 24.8 Å². The zero-order valence-electron chi connectivity index (χ0n) is 9.93. The molecule has 0 bridgehead atoms. The summed E-state index contributed by atoms with van der Waals surface area (Å²) in [6.07, 6.45) is 9.87. The lowest BCUT2D eigenvalue weighted by Gasteiger charge is -2.23. The molecule has 0 fully saturated rings. The monoisotopic (exact) mass is 233 g/mol. The van der Waals surface area contributed by atoms with Crippen molar-refractivity contribution < 1.29 is 4.74 Å². The number of hydrogen-bond donors (Lipinski definition) is 2. The molecule has 17 heavy (non-hydrogen) atoms. The topological polar surface area (TPSA) is 60.2 Å². The van der Waals surface area contributed by atoms with Gasteiger partial charge in [-0.25, -0.2) is 5.43 Å². The summed E-state index contributed by atoms with van der Waals surface area (Å²) in [5, 5.41) is 0. The number of hydrogen-bond acceptors (Lipinski definition) is 4. The van der Waals surface area contributed by atoms with E-state index in [1.54, 1.807) is 0 Å². The van der Waals surface area contributed by atoms with E-state index in [2.05, 4.69) is 16.5 Å². The van der Waals surface area contributed by atoms with Crippen LogP contribution in [0, 0.1) is 0 Å². The second-order valence-electron chi connectivity index (χ2n) is 4.21. The number of nitrogens with one attached hydrogen (secondary N) is 1. The first-order valence-corrected chi connectivity index (χ1v) is 6.08. The van der Waals surface area contributed by atoms with Gasteiger partial charge in [-0.3, -0.25) is 10.8 Å². The Morgan fingerprint density at radius 2 is 2.24 bits per heavy atom. The molecule has 1 unspecified atom stereocenters. The Hall–Kier alpha value is -1.39. The minimum atomic E-state index is 0.114. The molecule has 0 saturated heterocycles. The smallest absolute Gasteiger partial charge is 0.110 e. The Balaban J connectivity index is 1.89. The highest BCUT2D eigenvalue weighted by atomic mass is 16.5. The number of rotatable bonds is 5. The normalized spacial score (nSPS) is 17.1. The average Bonchev–Trinajstić information content (AvgIpc) is 2.42. The van der Waals surface area contributed by atoms with E-state index in [-0.39, 0.29) is 6.04 Å². The first kappa shape index (κ1) is 12.1. The van der Waals surface area contributed by atoms with Crippen molar-refractivity contribution in [3.05, 3.63) is 41.9 Å². The summed E-state index contributed by atoms with van der Waals surface area (Å²) in [4.78, 5) is 4.01. The highest BCUT2D eigenvalue weighted by molar-refractivity contribution is 5.12. The second-order valence-corrected chi connectivity index (χ2v) is 4.21. The van der Waals surface area contributed by atoms with Crippen LogP contribution in [0.15, 0.2) is 36.4 Å². The minimum absolute atomic E-state index is 0.114. The molecule has 0 saturated carbocycles. The number of aryl methyl sites for hydroxylation is 1. The SMILES string of the molecule is NNC(CCc1ccncc1)C1=CCCCO1. The number of ether oxygens (including phenoxy) is 1. The molecule has 1 aromatic rings. The zero-order valence-corrected chi connectivity index (χ0v) is 9.93. The van der Waals surface area contributed by atoms with Gasteiger partial charge in [0, 0.05) is 12.4 Å². The highest BCUT2D eigenvalue weighted by Gasteiger charge is 2.16. The van der Waals surface area contributed by atoms with E-state index < -0.39 is 0 Å². The Morgan fingerprint density at radius 3 is 2.88 bits per heavy atom. The molecular formula is C13H19N3O. The van der Waals surface area contributed by atoms with E-state index in [4.69, 9.17) is 10.6 Å². The van der Waals surface area contributed by atoms with Crippen molar-refractivity contribution in [3.63, 3.8) is 0 Å². The number of nitrogens with zero attached hydrogens (tertiary/aromatic N) is 1. The van der Waals surface area contributed by atoms with Crippen molar-refractivity contribution in [2.45, 2.75) is 31.7 Å². The van der Waals surface area contributed by atoms with Gasteiger partial charge >= 0.3 is 0 Å². The molecular weight excluding hydrogens is 214 g/mol. The van der Waals surface area contributed by atoms with Gasteiger partial charge in [0.25, 0.3) is 0 Å². The maximum Gasteiger partial charge on any atom is 0.110 e. The predicted octanol–water partition coefficient (Wildman–Crippen LogP) is 1.54. The molecule has 0 spiro atoms. The minimum Gasteiger partial charge on any atom is -0.497 e. The van der Waals surface area contributed by atoms with Crippen LogP contribution in [0.5, 0.6) is 0 Å². The summed E-state index contributed by atoms with van der Waals surface area (Å²) in [6, 6.07) is 4.18. The second kappa shape index (κ2) is 6.37. The predicted molar refractivity (Wildman–Crippen MR) is 66.9 cm³/mol. The fourth-order valence-electron chi connectivity index (χ4n) is 1.99. The van der Waals surface area contributed by atoms with E-state index in [0.717, 1.165) is 38.0 Å². The fourth-order valence-corrected chi connectivity index (χ4v) is 1.99. The number of hydrazine groups is 1. The van der Waals surface area contributed by atoms with Crippen molar-refractivity contribution >= 4 is 0 Å². The van der Waals surface area contributed by atoms with E-state index >= 15 is 0 Å². The van der Waals surface area contributed by atoms with E-state index in [1.165, 1.54) is 5.56 Å². The maximum absolute atomic E-state index is 5.63. The van der Waals surface area contributed by atoms with Crippen LogP contribution >= 0.6 is 0 Å². The highest BCUT2D eigenvalue weighted by Crippen LogP contribution is 2.17. The van der Waals surface area contributed by atoms with Crippen molar-refractivity contribution in [3.8, 4) is 0 Å². The Bertz CT molecular complexity index is 364. The van der Waals surface area contributed by atoms with Gasteiger partial charge in [0.15, 0.2) is 0 Å². The molecule has 4 nitrogen and oxygen atoms in total. The average molecular weight is 233 g/mol. The van der Waals surface area contributed by atoms with Gasteiger partial charge in [-0.2, -0.15) is 0 Å². The molecule has 0 amide bonds. The van der Waals surface area contributed by atoms with E-state index in [0.29, 0.717) is 0 Å². The zero-order chi connectivity index (χ0) is 11.9. The molecule has 3 N–H and O–H groups in total. The fraction of sp³-hybridized carbons (Fsp3) is 0.462. The molecule has 0 radical (unpaired) electrons. The third kappa shape index (κ3) is 3.54. The summed E-state index contributed by atoms with van der Waals surface area (Å²) in [7, 11) is 0. The van der Waals surface area contributed by atoms with Crippen molar-refractivity contribution in [1.82, 2.24) is 10.4 Å². The lowest BCUT2D eigenvalue weighted by Crippen LogP contribution is -2.38. The molecule has 1 aliphatic heterocycles. The standard InChI is InChI=1S/C13H19N3O/c14-16-12(13-3-1-2-10-17-13)5-4-11-6-8-15-9-7-11/h3,6-9,12,16H,1-2,4-5,10,14H2. The first-order valence-electron chi connectivity index (χ1n) is 6.08. The molecule has 0 aromatic carbocycles. The van der Waals surface area contributed by atoms with E-state index in [9.17, 15) is 0 Å². The molecule has 1 aromatic heterocycles. The summed E-state index contributed by atoms with van der Waals surface area (Å²) < 4.78 is 5.63. The lowest BCUT2D eigenvalue weighted by atomic mass is 10.0. The molecule has 1 atom stereocenters. The number of pyridine rings is 1. The van der Waals surface area contributed by atoms with Crippen molar-refractivity contribution in [1.29, 1.82) is 0 Å². The van der Waals surface area contributed by atoms with Crippen LogP contribution in [-0.4, -0.2) is 17.6 Å². The maximum atomic E-state index is 5.63. The van der Waals surface area contributed by atoms with Gasteiger partial charge < -0.3 is 4.74 Å². The van der Waals surface area contributed by atoms with Gasteiger partial charge in [0.1, 0.15) is 5.76 Å². The van der Waals surface area contributed by atoms with Crippen LogP contribution in [-0.2, 0) is 11.2 Å². The lowest BCUT2D eigenvalue weighted by molar-refractivity contribution is 0.165. The number of allylic oxidation sites excluding steroid dienone is 1. The summed E-state index contributed by atoms with van der Waals surface area (Å²) in [5.41, 5.74) is 4.11. The number of nitrogens with two attached hydrogens (primary N) is 1. The van der Waals surface area contributed by atoms with Gasteiger partial charge in [-0.15, -0.1) is 0 Å². The largest absolute Gasteiger partial charge is 0.497 e. The van der Waals surface area contributed by atoms with Crippen LogP contribution in [0.4, 0.5) is 0 Å². The van der Waals surface area contributed by atoms with Gasteiger partial charge in [0.05, 0.1) is 12.6 Å². The van der Waals surface area contributed by atoms with Crippen molar-refractivity contribution in [2.75, 3.05) is 6.61 Å². The first-order chi connectivity index (χ1) is 8.40. The third-order valence-electron chi connectivity index (χ3n) is 2.98. The quantitative estimate of drug-likeness (QED) is 0.598. The summed E-state index contributed by atoms with van der Waals surface area (Å²) >= 11 is 0. The van der Waals surface area contributed by atoms with Crippen LogP contribution < -0.4 is 11.3 Å².